The van der Waals surface area contributed by atoms with E-state index >= 15 is 0 Å². The Morgan fingerprint density at radius 2 is 2.25 bits per heavy atom. The molecule has 0 aromatic carbocycles. The van der Waals surface area contributed by atoms with E-state index in [0.717, 1.165) is 25.8 Å². The number of hydrogen-bond acceptors (Lipinski definition) is 3. The van der Waals surface area contributed by atoms with Gasteiger partial charge in [-0.3, -0.25) is 0 Å². The summed E-state index contributed by atoms with van der Waals surface area (Å²) in [6.07, 6.45) is 2.96. The highest BCUT2D eigenvalue weighted by atomic mass is 16.1. The fourth-order valence-electron chi connectivity index (χ4n) is 1.21. The summed E-state index contributed by atoms with van der Waals surface area (Å²) in [6.45, 7) is 0.719. The van der Waals surface area contributed by atoms with E-state index < -0.39 is 0 Å². The molecule has 3 nitrogen and oxygen atoms in total. The fraction of sp³-hybridized carbons (Fsp3) is 0.833. The molecule has 66 valence electrons. The molecule has 0 heterocycles. The van der Waals surface area contributed by atoms with Gasteiger partial charge in [0.15, 0.2) is 15.2 Å². The van der Waals surface area contributed by atoms with Crippen LogP contribution < -0.4 is 11.0 Å². The highest BCUT2D eigenvalue weighted by Crippen LogP contribution is 1.99. The first-order chi connectivity index (χ1) is 5.76. The van der Waals surface area contributed by atoms with Crippen LogP contribution in [0, 0.1) is 0 Å². The van der Waals surface area contributed by atoms with Crippen molar-refractivity contribution >= 4 is 28.6 Å². The summed E-state index contributed by atoms with van der Waals surface area (Å²) in [7, 11) is 4.35. The highest BCUT2D eigenvalue weighted by molar-refractivity contribution is 7.08. The summed E-state index contributed by atoms with van der Waals surface area (Å²) in [4.78, 5) is 11.2. The zero-order valence-electron chi connectivity index (χ0n) is 8.10. The van der Waals surface area contributed by atoms with E-state index in [4.69, 9.17) is 5.73 Å². The second kappa shape index (κ2) is 7.43. The molecule has 0 fully saturated rings. The quantitative estimate of drug-likeness (QED) is 0.315. The van der Waals surface area contributed by atoms with Crippen LogP contribution in [0.2, 0.25) is 0 Å². The molecule has 0 unspecified atom stereocenters. The maximum atomic E-state index is 11.2. The molecule has 0 spiro atoms. The summed E-state index contributed by atoms with van der Waals surface area (Å²) in [6, 6.07) is 0.0431. The number of nitrogens with one attached hydrogen (secondary N) is 1. The van der Waals surface area contributed by atoms with Gasteiger partial charge < -0.3 is 15.8 Å². The summed E-state index contributed by atoms with van der Waals surface area (Å²) in [5, 5.41) is 3.02. The average molecular weight is 166 g/mol. The normalized spacial score (nSPS) is 12.4. The van der Waals surface area contributed by atoms with Crippen LogP contribution in [0.5, 0.6) is 0 Å². The molecule has 0 amide bonds. The van der Waals surface area contributed by atoms with Crippen LogP contribution in [0.4, 0.5) is 0 Å². The van der Waals surface area contributed by atoms with Gasteiger partial charge in [-0.15, -0.1) is 0 Å². The molecular weight excluding hydrogens is 149 g/mol. The molecule has 0 saturated heterocycles. The van der Waals surface area contributed by atoms with E-state index in [1.807, 2.05) is 15.7 Å². The van der Waals surface area contributed by atoms with E-state index in [0.29, 0.717) is 12.9 Å². The molecule has 6 heteroatoms. The zero-order valence-corrected chi connectivity index (χ0v) is 8.10. The second-order valence-corrected chi connectivity index (χ2v) is 2.95. The maximum absolute atomic E-state index is 11.2. The van der Waals surface area contributed by atoms with E-state index in [9.17, 15) is 4.79 Å². The predicted molar refractivity (Wildman–Crippen MR) is 59.1 cm³/mol. The van der Waals surface area contributed by atoms with Crippen molar-refractivity contribution < 1.29 is 4.79 Å². The number of carbonyl (C=O) groups excluding carboxylic acids is 1. The van der Waals surface area contributed by atoms with E-state index in [2.05, 4.69) is 5.23 Å². The molecule has 0 aliphatic carbocycles. The van der Waals surface area contributed by atoms with Crippen molar-refractivity contribution in [1.82, 2.24) is 5.23 Å². The van der Waals surface area contributed by atoms with Crippen molar-refractivity contribution in [2.75, 3.05) is 6.54 Å². The zero-order chi connectivity index (χ0) is 9.40. The fourth-order valence-corrected chi connectivity index (χ4v) is 1.21. The molecule has 3 N–H and O–H groups in total. The summed E-state index contributed by atoms with van der Waals surface area (Å²) < 4.78 is 0. The van der Waals surface area contributed by atoms with Crippen molar-refractivity contribution in [2.45, 2.75) is 25.3 Å². The van der Waals surface area contributed by atoms with E-state index in [-0.39, 0.29) is 6.04 Å². The minimum atomic E-state index is 0.0431. The van der Waals surface area contributed by atoms with Gasteiger partial charge in [-0.25, -0.2) is 0 Å². The average Bonchev–Trinajstić information content (AvgIpc) is 2.11. The van der Waals surface area contributed by atoms with Gasteiger partial charge in [-0.2, -0.15) is 0 Å². The standard InChI is InChI=1S/C6H17B3N2O/c7-9-6(12)5(11-8)3-1-2-4-10/h5,9,11H,1-4,7-8,10H2/t5-/m0/s1. The number of hydrogen-bond donors (Lipinski definition) is 2. The van der Waals surface area contributed by atoms with Crippen LogP contribution in [0.25, 0.3) is 0 Å². The maximum Gasteiger partial charge on any atom is 0.182 e. The van der Waals surface area contributed by atoms with Gasteiger partial charge >= 0.3 is 0 Å². The minimum Gasteiger partial charge on any atom is -0.354 e. The lowest BCUT2D eigenvalue weighted by Crippen LogP contribution is -2.38. The summed E-state index contributed by atoms with van der Waals surface area (Å²) >= 11 is 0. The van der Waals surface area contributed by atoms with Crippen molar-refractivity contribution in [3.8, 4) is 0 Å². The van der Waals surface area contributed by atoms with Crippen molar-refractivity contribution in [1.29, 1.82) is 0 Å². The van der Waals surface area contributed by atoms with Crippen LogP contribution in [0.1, 0.15) is 19.3 Å². The first kappa shape index (κ1) is 11.8. The first-order valence-electron chi connectivity index (χ1n) is 4.66. The van der Waals surface area contributed by atoms with Crippen LogP contribution in [0.3, 0.4) is 0 Å². The van der Waals surface area contributed by atoms with Gasteiger partial charge in [0.25, 0.3) is 0 Å². The number of rotatable bonds is 7. The lowest BCUT2D eigenvalue weighted by molar-refractivity contribution is -0.113. The monoisotopic (exact) mass is 166 g/mol. The summed E-state index contributed by atoms with van der Waals surface area (Å²) in [5.74, 6) is 0. The molecule has 0 rings (SSSR count). The molecule has 0 aliphatic rings. The van der Waals surface area contributed by atoms with Gasteiger partial charge in [0.05, 0.1) is 13.4 Å². The lowest BCUT2D eigenvalue weighted by atomic mass is 9.51. The molecule has 0 aromatic heterocycles. The molecular formula is C6H17B3N2O. The highest BCUT2D eigenvalue weighted by Gasteiger charge is 2.12. The molecule has 12 heavy (non-hydrogen) atoms. The molecule has 0 aromatic rings. The third kappa shape index (κ3) is 4.62. The van der Waals surface area contributed by atoms with E-state index in [1.54, 1.807) is 0 Å². The lowest BCUT2D eigenvalue weighted by Gasteiger charge is -2.13. The Morgan fingerprint density at radius 3 is 2.67 bits per heavy atom. The Morgan fingerprint density at radius 1 is 1.58 bits per heavy atom. The molecule has 0 aliphatic heterocycles. The van der Waals surface area contributed by atoms with Crippen molar-refractivity contribution in [2.24, 2.45) is 5.73 Å². The van der Waals surface area contributed by atoms with E-state index in [1.165, 1.54) is 0 Å². The number of carbonyl (C=O) groups is 1. The van der Waals surface area contributed by atoms with Crippen LogP contribution in [-0.2, 0) is 4.79 Å². The first-order valence-corrected chi connectivity index (χ1v) is 4.66. The van der Waals surface area contributed by atoms with Crippen LogP contribution >= 0.6 is 0 Å². The van der Waals surface area contributed by atoms with Crippen LogP contribution in [0.15, 0.2) is 0 Å². The van der Waals surface area contributed by atoms with Gasteiger partial charge in [-0.1, -0.05) is 6.42 Å². The Labute approximate surface area is 76.9 Å². The van der Waals surface area contributed by atoms with Crippen molar-refractivity contribution in [3.63, 3.8) is 0 Å². The smallest absolute Gasteiger partial charge is 0.182 e. The molecule has 0 bridgehead atoms. The second-order valence-electron chi connectivity index (χ2n) is 2.95. The Hall–Kier alpha value is -0.215. The SMILES string of the molecule is BBC(=O)[C@H](CCCCN)NB. The third-order valence-electron chi connectivity index (χ3n) is 2.03. The summed E-state index contributed by atoms with van der Waals surface area (Å²) in [5.41, 5.74) is 5.66. The molecule has 0 saturated carbocycles. The van der Waals surface area contributed by atoms with Gasteiger partial charge in [-0.05, 0) is 19.4 Å². The predicted octanol–water partition coefficient (Wildman–Crippen LogP) is -2.87. The minimum absolute atomic E-state index is 0.0431. The van der Waals surface area contributed by atoms with Crippen molar-refractivity contribution in [3.05, 3.63) is 0 Å². The Balaban J connectivity index is 3.60. The largest absolute Gasteiger partial charge is 0.354 e. The van der Waals surface area contributed by atoms with Gasteiger partial charge in [0.2, 0.25) is 0 Å². The molecule has 1 atom stereocenters. The van der Waals surface area contributed by atoms with Crippen LogP contribution in [-0.4, -0.2) is 41.2 Å². The number of nitrogens with two attached hydrogens (primary N) is 1. The molecule has 0 radical (unpaired) electrons. The topological polar surface area (TPSA) is 55.1 Å². The third-order valence-corrected chi connectivity index (χ3v) is 2.03. The number of unbranched alkanes of at least 4 members (excludes halogenated alkanes) is 1. The van der Waals surface area contributed by atoms with Gasteiger partial charge in [0, 0.05) is 6.04 Å². The Kier molecular flexibility index (Phi) is 7.30. The Bertz CT molecular complexity index is 134. The van der Waals surface area contributed by atoms with Gasteiger partial charge in [0.1, 0.15) is 0 Å².